The lowest BCUT2D eigenvalue weighted by molar-refractivity contribution is 0.593. The molecule has 0 spiro atoms. The largest absolute Gasteiger partial charge is 0.399 e. The van der Waals surface area contributed by atoms with E-state index in [4.69, 9.17) is 5.73 Å². The molecule has 1 aromatic heterocycles. The Balaban J connectivity index is 2.20. The average molecular weight is 228 g/mol. The normalized spacial score (nSPS) is 11.5. The molecular formula is C13H16N4. The first kappa shape index (κ1) is 11.4. The molecule has 0 amide bonds. The molecule has 0 saturated heterocycles. The maximum Gasteiger partial charge on any atom is 0.156 e. The van der Waals surface area contributed by atoms with Gasteiger partial charge in [-0.1, -0.05) is 18.2 Å². The van der Waals surface area contributed by atoms with E-state index >= 15 is 0 Å². The van der Waals surface area contributed by atoms with E-state index < -0.39 is 0 Å². The van der Waals surface area contributed by atoms with Crippen molar-refractivity contribution >= 4 is 17.8 Å². The Morgan fingerprint density at radius 3 is 2.53 bits per heavy atom. The van der Waals surface area contributed by atoms with Gasteiger partial charge in [0.15, 0.2) is 5.82 Å². The Bertz CT molecular complexity index is 508. The molecule has 0 fully saturated rings. The maximum absolute atomic E-state index is 5.63. The molecule has 17 heavy (non-hydrogen) atoms. The maximum atomic E-state index is 5.63. The van der Waals surface area contributed by atoms with Gasteiger partial charge in [0.25, 0.3) is 0 Å². The van der Waals surface area contributed by atoms with E-state index in [9.17, 15) is 0 Å². The summed E-state index contributed by atoms with van der Waals surface area (Å²) < 4.78 is 2.02. The van der Waals surface area contributed by atoms with Gasteiger partial charge >= 0.3 is 0 Å². The second-order valence-electron chi connectivity index (χ2n) is 4.19. The summed E-state index contributed by atoms with van der Waals surface area (Å²) in [4.78, 5) is 0. The molecule has 0 aliphatic heterocycles. The third kappa shape index (κ3) is 2.72. The second-order valence-corrected chi connectivity index (χ2v) is 4.19. The van der Waals surface area contributed by atoms with Crippen LogP contribution in [0.5, 0.6) is 0 Å². The highest BCUT2D eigenvalue weighted by Crippen LogP contribution is 2.11. The van der Waals surface area contributed by atoms with Crippen LogP contribution in [0, 0.1) is 0 Å². The fourth-order valence-electron chi connectivity index (χ4n) is 1.55. The first-order valence-electron chi connectivity index (χ1n) is 5.60. The Morgan fingerprint density at radius 2 is 1.88 bits per heavy atom. The molecule has 0 unspecified atom stereocenters. The minimum absolute atomic E-state index is 0.357. The third-order valence-electron chi connectivity index (χ3n) is 2.52. The molecule has 1 aromatic carbocycles. The van der Waals surface area contributed by atoms with Crippen LogP contribution in [-0.4, -0.2) is 14.8 Å². The van der Waals surface area contributed by atoms with Crippen LogP contribution in [0.25, 0.3) is 12.2 Å². The van der Waals surface area contributed by atoms with Crippen molar-refractivity contribution in [3.05, 3.63) is 42.0 Å². The molecule has 0 atom stereocenters. The summed E-state index contributed by atoms with van der Waals surface area (Å²) >= 11 is 0. The molecule has 2 aromatic rings. The van der Waals surface area contributed by atoms with E-state index in [1.807, 2.05) is 41.0 Å². The quantitative estimate of drug-likeness (QED) is 0.821. The van der Waals surface area contributed by atoms with Gasteiger partial charge in [0.1, 0.15) is 6.33 Å². The Hall–Kier alpha value is -2.10. The van der Waals surface area contributed by atoms with Gasteiger partial charge in [-0.2, -0.15) is 0 Å². The summed E-state index contributed by atoms with van der Waals surface area (Å²) in [6, 6.07) is 8.07. The molecular weight excluding hydrogens is 212 g/mol. The van der Waals surface area contributed by atoms with Crippen molar-refractivity contribution in [2.45, 2.75) is 19.9 Å². The molecule has 2 rings (SSSR count). The lowest BCUT2D eigenvalue weighted by Crippen LogP contribution is -2.01. The van der Waals surface area contributed by atoms with Crippen LogP contribution < -0.4 is 5.73 Å². The molecule has 0 aliphatic carbocycles. The highest BCUT2D eigenvalue weighted by atomic mass is 15.3. The molecule has 0 bridgehead atoms. The van der Waals surface area contributed by atoms with Gasteiger partial charge in [0.05, 0.1) is 0 Å². The zero-order valence-electron chi connectivity index (χ0n) is 10.0. The number of nitrogen functional groups attached to an aromatic ring is 1. The molecule has 2 N–H and O–H groups in total. The predicted octanol–water partition coefficient (Wildman–Crippen LogP) is 2.61. The van der Waals surface area contributed by atoms with Crippen molar-refractivity contribution in [2.24, 2.45) is 0 Å². The Kier molecular flexibility index (Phi) is 3.23. The molecule has 4 nitrogen and oxygen atoms in total. The van der Waals surface area contributed by atoms with E-state index in [1.54, 1.807) is 6.33 Å². The summed E-state index contributed by atoms with van der Waals surface area (Å²) in [7, 11) is 0. The first-order valence-corrected chi connectivity index (χ1v) is 5.60. The molecule has 88 valence electrons. The molecule has 0 aliphatic rings. The standard InChI is InChI=1S/C13H16N4/c1-10(2)17-9-15-16-13(17)8-5-11-3-6-12(14)7-4-11/h3-10H,14H2,1-2H3/b8-5+. The highest BCUT2D eigenvalue weighted by molar-refractivity contribution is 5.67. The van der Waals surface area contributed by atoms with Gasteiger partial charge in [-0.3, -0.25) is 0 Å². The molecule has 4 heteroatoms. The molecule has 0 saturated carbocycles. The van der Waals surface area contributed by atoms with Gasteiger partial charge in [-0.05, 0) is 37.6 Å². The van der Waals surface area contributed by atoms with Crippen molar-refractivity contribution in [1.82, 2.24) is 14.8 Å². The summed E-state index contributed by atoms with van der Waals surface area (Å²) in [6.45, 7) is 4.20. The highest BCUT2D eigenvalue weighted by Gasteiger charge is 2.03. The van der Waals surface area contributed by atoms with Crippen molar-refractivity contribution in [2.75, 3.05) is 5.73 Å². The van der Waals surface area contributed by atoms with Crippen LogP contribution >= 0.6 is 0 Å². The minimum atomic E-state index is 0.357. The van der Waals surface area contributed by atoms with Gasteiger partial charge in [0.2, 0.25) is 0 Å². The fourth-order valence-corrected chi connectivity index (χ4v) is 1.55. The fraction of sp³-hybridized carbons (Fsp3) is 0.231. The summed E-state index contributed by atoms with van der Waals surface area (Å²) in [5.41, 5.74) is 7.50. The van der Waals surface area contributed by atoms with Crippen molar-refractivity contribution in [1.29, 1.82) is 0 Å². The Morgan fingerprint density at radius 1 is 1.18 bits per heavy atom. The number of nitrogens with two attached hydrogens (primary N) is 1. The third-order valence-corrected chi connectivity index (χ3v) is 2.52. The van der Waals surface area contributed by atoms with Gasteiger partial charge in [0, 0.05) is 11.7 Å². The number of hydrogen-bond donors (Lipinski definition) is 1. The minimum Gasteiger partial charge on any atom is -0.399 e. The van der Waals surface area contributed by atoms with E-state index in [0.29, 0.717) is 6.04 Å². The lowest BCUT2D eigenvalue weighted by atomic mass is 10.2. The van der Waals surface area contributed by atoms with Crippen molar-refractivity contribution in [3.63, 3.8) is 0 Å². The van der Waals surface area contributed by atoms with Crippen LogP contribution in [0.1, 0.15) is 31.3 Å². The SMILES string of the molecule is CC(C)n1cnnc1/C=C/c1ccc(N)cc1. The number of rotatable bonds is 3. The number of nitrogens with zero attached hydrogens (tertiary/aromatic N) is 3. The van der Waals surface area contributed by atoms with E-state index in [1.165, 1.54) is 0 Å². The monoisotopic (exact) mass is 228 g/mol. The average Bonchev–Trinajstić information content (AvgIpc) is 2.76. The number of aromatic nitrogens is 3. The van der Waals surface area contributed by atoms with Crippen LogP contribution in [0.3, 0.4) is 0 Å². The topological polar surface area (TPSA) is 56.7 Å². The van der Waals surface area contributed by atoms with E-state index in [0.717, 1.165) is 17.1 Å². The number of anilines is 1. The van der Waals surface area contributed by atoms with Crippen LogP contribution in [-0.2, 0) is 0 Å². The smallest absolute Gasteiger partial charge is 0.156 e. The summed E-state index contributed by atoms with van der Waals surface area (Å²) in [5.74, 6) is 0.858. The van der Waals surface area contributed by atoms with E-state index in [-0.39, 0.29) is 0 Å². The van der Waals surface area contributed by atoms with Crippen molar-refractivity contribution in [3.8, 4) is 0 Å². The summed E-state index contributed by atoms with van der Waals surface area (Å²) in [6.07, 6.45) is 5.70. The zero-order valence-corrected chi connectivity index (χ0v) is 10.0. The number of hydrogen-bond acceptors (Lipinski definition) is 3. The van der Waals surface area contributed by atoms with Crippen LogP contribution in [0.4, 0.5) is 5.69 Å². The Labute approximate surface area is 101 Å². The lowest BCUT2D eigenvalue weighted by Gasteiger charge is -2.06. The molecule has 1 heterocycles. The van der Waals surface area contributed by atoms with Crippen molar-refractivity contribution < 1.29 is 0 Å². The first-order chi connectivity index (χ1) is 8.16. The van der Waals surface area contributed by atoms with Crippen LogP contribution in [0.15, 0.2) is 30.6 Å². The van der Waals surface area contributed by atoms with Crippen LogP contribution in [0.2, 0.25) is 0 Å². The van der Waals surface area contributed by atoms with Gasteiger partial charge in [-0.25, -0.2) is 0 Å². The second kappa shape index (κ2) is 4.82. The van der Waals surface area contributed by atoms with Gasteiger partial charge in [-0.15, -0.1) is 10.2 Å². The van der Waals surface area contributed by atoms with E-state index in [2.05, 4.69) is 24.0 Å². The molecule has 0 radical (unpaired) electrons. The predicted molar refractivity (Wildman–Crippen MR) is 70.2 cm³/mol. The zero-order chi connectivity index (χ0) is 12.3. The van der Waals surface area contributed by atoms with Gasteiger partial charge < -0.3 is 10.3 Å². The summed E-state index contributed by atoms with van der Waals surface area (Å²) in [5, 5.41) is 7.98. The number of benzene rings is 1.